The molecule has 1 rings (SSSR count). The number of halogens is 2. The van der Waals surface area contributed by atoms with Crippen LogP contribution in [0.2, 0.25) is 0 Å². The zero-order valence-corrected chi connectivity index (χ0v) is 10.6. The average Bonchev–Trinajstić information content (AvgIpc) is 2.02. The molecule has 1 aromatic carbocycles. The molecule has 2 nitrogen and oxygen atoms in total. The van der Waals surface area contributed by atoms with Crippen molar-refractivity contribution in [3.05, 3.63) is 27.1 Å². The van der Waals surface area contributed by atoms with Gasteiger partial charge in [-0.15, -0.1) is 0 Å². The highest BCUT2D eigenvalue weighted by Crippen LogP contribution is 2.27. The first-order valence-corrected chi connectivity index (χ1v) is 5.45. The molecule has 13 heavy (non-hydrogen) atoms. The third-order valence-corrected chi connectivity index (χ3v) is 2.49. The van der Waals surface area contributed by atoms with Crippen LogP contribution < -0.4 is 10.5 Å². The third-order valence-electron chi connectivity index (χ3n) is 1.26. The predicted molar refractivity (Wildman–Crippen MR) is 64.1 cm³/mol. The van der Waals surface area contributed by atoms with E-state index < -0.39 is 0 Å². The highest BCUT2D eigenvalue weighted by atomic mass is 79.9. The molecule has 0 saturated heterocycles. The monoisotopic (exact) mass is 323 g/mol. The van der Waals surface area contributed by atoms with Gasteiger partial charge in [0, 0.05) is 4.47 Å². The van der Waals surface area contributed by atoms with Crippen molar-refractivity contribution in [2.45, 2.75) is 0 Å². The number of rotatable bonds is 3. The number of ether oxygens (including phenoxy) is 1. The normalized spacial score (nSPS) is 9.69. The molecule has 70 valence electrons. The quantitative estimate of drug-likeness (QED) is 0.868. The highest BCUT2D eigenvalue weighted by Gasteiger charge is 2.01. The standard InChI is InChI=1S/C8H7Br2NOS/c9-5-1-2-7(6(10)3-5)12-4-8(11)13/h1-3H,4H2,(H2,11,13). The van der Waals surface area contributed by atoms with Gasteiger partial charge in [0.1, 0.15) is 17.3 Å². The van der Waals surface area contributed by atoms with E-state index in [1.165, 1.54) is 0 Å². The summed E-state index contributed by atoms with van der Waals surface area (Å²) < 4.78 is 7.18. The Kier molecular flexibility index (Phi) is 4.15. The first kappa shape index (κ1) is 10.9. The topological polar surface area (TPSA) is 35.2 Å². The summed E-state index contributed by atoms with van der Waals surface area (Å²) in [6.07, 6.45) is 0. The Bertz CT molecular complexity index is 330. The Morgan fingerprint density at radius 2 is 2.15 bits per heavy atom. The van der Waals surface area contributed by atoms with E-state index in [1.54, 1.807) is 0 Å². The number of nitrogens with two attached hydrogens (primary N) is 1. The van der Waals surface area contributed by atoms with E-state index in [2.05, 4.69) is 31.9 Å². The maximum Gasteiger partial charge on any atom is 0.138 e. The van der Waals surface area contributed by atoms with Crippen molar-refractivity contribution in [3.63, 3.8) is 0 Å². The van der Waals surface area contributed by atoms with Crippen molar-refractivity contribution in [1.82, 2.24) is 0 Å². The molecule has 0 bridgehead atoms. The van der Waals surface area contributed by atoms with Gasteiger partial charge in [-0.2, -0.15) is 0 Å². The lowest BCUT2D eigenvalue weighted by Gasteiger charge is -2.06. The lowest BCUT2D eigenvalue weighted by Crippen LogP contribution is -2.17. The molecular weight excluding hydrogens is 318 g/mol. The minimum atomic E-state index is 0.259. The van der Waals surface area contributed by atoms with E-state index in [4.69, 9.17) is 22.7 Å². The molecule has 0 aliphatic carbocycles. The molecule has 0 amide bonds. The smallest absolute Gasteiger partial charge is 0.138 e. The zero-order chi connectivity index (χ0) is 9.84. The fraction of sp³-hybridized carbons (Fsp3) is 0.125. The maximum absolute atomic E-state index is 5.32. The second-order valence-corrected chi connectivity index (χ2v) is 4.62. The molecule has 2 N–H and O–H groups in total. The number of thiocarbonyl (C=S) groups is 1. The summed E-state index contributed by atoms with van der Waals surface area (Å²) >= 11 is 11.4. The Labute approximate surface area is 98.7 Å². The lowest BCUT2D eigenvalue weighted by atomic mass is 10.3. The molecule has 0 aliphatic rings. The van der Waals surface area contributed by atoms with Gasteiger partial charge in [0.25, 0.3) is 0 Å². The van der Waals surface area contributed by atoms with Crippen LogP contribution in [0, 0.1) is 0 Å². The molecule has 0 radical (unpaired) electrons. The lowest BCUT2D eigenvalue weighted by molar-refractivity contribution is 0.375. The Morgan fingerprint density at radius 1 is 1.46 bits per heavy atom. The summed E-state index contributed by atoms with van der Waals surface area (Å²) in [5.41, 5.74) is 5.30. The SMILES string of the molecule is NC(=S)COc1ccc(Br)cc1Br. The molecule has 0 fully saturated rings. The van der Waals surface area contributed by atoms with Crippen LogP contribution >= 0.6 is 44.1 Å². The van der Waals surface area contributed by atoms with Crippen molar-refractivity contribution in [3.8, 4) is 5.75 Å². The maximum atomic E-state index is 5.32. The first-order valence-electron chi connectivity index (χ1n) is 3.46. The predicted octanol–water partition coefficient (Wildman–Crippen LogP) is 2.88. The summed E-state index contributed by atoms with van der Waals surface area (Å²) in [5.74, 6) is 0.732. The molecule has 0 aromatic heterocycles. The minimum Gasteiger partial charge on any atom is -0.485 e. The third kappa shape index (κ3) is 3.62. The molecule has 5 heteroatoms. The van der Waals surface area contributed by atoms with Crippen LogP contribution in [0.15, 0.2) is 27.1 Å². The fourth-order valence-electron chi connectivity index (χ4n) is 0.741. The summed E-state index contributed by atoms with van der Waals surface area (Å²) in [6, 6.07) is 5.63. The molecule has 0 unspecified atom stereocenters. The van der Waals surface area contributed by atoms with Crippen LogP contribution in [0.5, 0.6) is 5.75 Å². The molecule has 0 atom stereocenters. The summed E-state index contributed by atoms with van der Waals surface area (Å²) in [4.78, 5) is 0.342. The van der Waals surface area contributed by atoms with Crippen LogP contribution in [0.3, 0.4) is 0 Å². The average molecular weight is 325 g/mol. The van der Waals surface area contributed by atoms with Gasteiger partial charge in [-0.3, -0.25) is 0 Å². The Hall–Kier alpha value is -0.130. The summed E-state index contributed by atoms with van der Waals surface area (Å²) in [6.45, 7) is 0.259. The van der Waals surface area contributed by atoms with Crippen LogP contribution in [0.25, 0.3) is 0 Å². The largest absolute Gasteiger partial charge is 0.485 e. The van der Waals surface area contributed by atoms with Gasteiger partial charge in [0.2, 0.25) is 0 Å². The van der Waals surface area contributed by atoms with E-state index in [0.29, 0.717) is 4.99 Å². The molecule has 0 heterocycles. The van der Waals surface area contributed by atoms with Gasteiger partial charge >= 0.3 is 0 Å². The van der Waals surface area contributed by atoms with E-state index in [1.807, 2.05) is 18.2 Å². The van der Waals surface area contributed by atoms with E-state index >= 15 is 0 Å². The van der Waals surface area contributed by atoms with Gasteiger partial charge < -0.3 is 10.5 Å². The fourth-order valence-corrected chi connectivity index (χ4v) is 1.96. The number of hydrogen-bond acceptors (Lipinski definition) is 2. The van der Waals surface area contributed by atoms with Gasteiger partial charge in [0.05, 0.1) is 4.47 Å². The summed E-state index contributed by atoms with van der Waals surface area (Å²) in [7, 11) is 0. The molecular formula is C8H7Br2NOS. The highest BCUT2D eigenvalue weighted by molar-refractivity contribution is 9.11. The number of hydrogen-bond donors (Lipinski definition) is 1. The van der Waals surface area contributed by atoms with Crippen molar-refractivity contribution in [2.75, 3.05) is 6.61 Å². The molecule has 0 saturated carbocycles. The second-order valence-electron chi connectivity index (χ2n) is 2.33. The zero-order valence-electron chi connectivity index (χ0n) is 6.59. The number of benzene rings is 1. The van der Waals surface area contributed by atoms with Crippen molar-refractivity contribution >= 4 is 49.1 Å². The Morgan fingerprint density at radius 3 is 2.69 bits per heavy atom. The van der Waals surface area contributed by atoms with Crippen molar-refractivity contribution in [1.29, 1.82) is 0 Å². The molecule has 1 aromatic rings. The van der Waals surface area contributed by atoms with E-state index in [-0.39, 0.29) is 6.61 Å². The first-order chi connectivity index (χ1) is 6.09. The molecule has 0 aliphatic heterocycles. The van der Waals surface area contributed by atoms with Gasteiger partial charge in [-0.1, -0.05) is 28.1 Å². The Balaban J connectivity index is 2.72. The molecule has 0 spiro atoms. The van der Waals surface area contributed by atoms with Crippen LogP contribution in [0.1, 0.15) is 0 Å². The van der Waals surface area contributed by atoms with Gasteiger partial charge in [-0.05, 0) is 34.1 Å². The van der Waals surface area contributed by atoms with Crippen molar-refractivity contribution < 1.29 is 4.74 Å². The summed E-state index contributed by atoms with van der Waals surface area (Å²) in [5, 5.41) is 0. The van der Waals surface area contributed by atoms with Gasteiger partial charge in [0.15, 0.2) is 0 Å². The second kappa shape index (κ2) is 4.93. The minimum absolute atomic E-state index is 0.259. The van der Waals surface area contributed by atoms with Crippen molar-refractivity contribution in [2.24, 2.45) is 5.73 Å². The van der Waals surface area contributed by atoms with E-state index in [0.717, 1.165) is 14.7 Å². The van der Waals surface area contributed by atoms with Crippen LogP contribution in [0.4, 0.5) is 0 Å². The van der Waals surface area contributed by atoms with Crippen LogP contribution in [-0.2, 0) is 0 Å². The van der Waals surface area contributed by atoms with E-state index in [9.17, 15) is 0 Å². The van der Waals surface area contributed by atoms with Crippen LogP contribution in [-0.4, -0.2) is 11.6 Å². The van der Waals surface area contributed by atoms with Gasteiger partial charge in [-0.25, -0.2) is 0 Å².